The van der Waals surface area contributed by atoms with Crippen LogP contribution in [-0.2, 0) is 10.0 Å². The Morgan fingerprint density at radius 1 is 1.28 bits per heavy atom. The normalized spacial score (nSPS) is 13.8. The molecule has 0 bridgehead atoms. The topological polar surface area (TPSA) is 46.2 Å². The van der Waals surface area contributed by atoms with E-state index in [1.54, 1.807) is 0 Å². The summed E-state index contributed by atoms with van der Waals surface area (Å²) in [5.41, 5.74) is 0. The maximum Gasteiger partial charge on any atom is 0.240 e. The number of benzene rings is 1. The molecule has 0 saturated heterocycles. The van der Waals surface area contributed by atoms with Gasteiger partial charge in [-0.1, -0.05) is 13.8 Å². The van der Waals surface area contributed by atoms with Crippen molar-refractivity contribution in [2.24, 2.45) is 5.92 Å². The molecule has 1 N–H and O–H groups in total. The van der Waals surface area contributed by atoms with Crippen molar-refractivity contribution in [2.45, 2.75) is 31.2 Å². The molecule has 18 heavy (non-hydrogen) atoms. The van der Waals surface area contributed by atoms with Gasteiger partial charge in [0.1, 0.15) is 5.82 Å². The third-order valence-corrected chi connectivity index (χ3v) is 4.30. The number of halogens is 2. The minimum Gasteiger partial charge on any atom is -0.207 e. The Balaban J connectivity index is 2.83. The molecule has 1 aromatic carbocycles. The van der Waals surface area contributed by atoms with Crippen LogP contribution in [0, 0.1) is 11.7 Å². The highest BCUT2D eigenvalue weighted by atomic mass is 35.5. The Labute approximate surface area is 112 Å². The Morgan fingerprint density at radius 3 is 2.28 bits per heavy atom. The molecular formula is C12H17ClFNO2S. The minimum atomic E-state index is -3.64. The zero-order valence-electron chi connectivity index (χ0n) is 10.4. The molecule has 0 saturated carbocycles. The molecule has 0 aliphatic carbocycles. The second-order valence-electron chi connectivity index (χ2n) is 4.56. The monoisotopic (exact) mass is 293 g/mol. The summed E-state index contributed by atoms with van der Waals surface area (Å²) in [7, 11) is -3.64. The van der Waals surface area contributed by atoms with Crippen LogP contribution in [0.3, 0.4) is 0 Å². The number of nitrogens with one attached hydrogen (secondary N) is 1. The molecule has 102 valence electrons. The van der Waals surface area contributed by atoms with E-state index in [-0.39, 0.29) is 16.8 Å². The van der Waals surface area contributed by atoms with Crippen LogP contribution in [0.1, 0.15) is 20.3 Å². The van der Waals surface area contributed by atoms with Crippen molar-refractivity contribution < 1.29 is 12.8 Å². The van der Waals surface area contributed by atoms with Gasteiger partial charge in [-0.25, -0.2) is 17.5 Å². The van der Waals surface area contributed by atoms with E-state index in [0.717, 1.165) is 12.1 Å². The molecule has 1 unspecified atom stereocenters. The summed E-state index contributed by atoms with van der Waals surface area (Å²) in [4.78, 5) is 0.0442. The molecule has 0 fully saturated rings. The molecule has 0 radical (unpaired) electrons. The first-order chi connectivity index (χ1) is 8.35. The largest absolute Gasteiger partial charge is 0.240 e. The van der Waals surface area contributed by atoms with E-state index in [1.165, 1.54) is 12.1 Å². The molecule has 1 aromatic rings. The van der Waals surface area contributed by atoms with Gasteiger partial charge in [-0.05, 0) is 36.6 Å². The third-order valence-electron chi connectivity index (χ3n) is 2.39. The number of rotatable bonds is 6. The van der Waals surface area contributed by atoms with Gasteiger partial charge in [-0.2, -0.15) is 0 Å². The van der Waals surface area contributed by atoms with Crippen LogP contribution >= 0.6 is 11.6 Å². The lowest BCUT2D eigenvalue weighted by atomic mass is 10.1. The molecule has 6 heteroatoms. The van der Waals surface area contributed by atoms with Gasteiger partial charge in [0.25, 0.3) is 0 Å². The molecular weight excluding hydrogens is 277 g/mol. The van der Waals surface area contributed by atoms with Gasteiger partial charge in [0, 0.05) is 11.9 Å². The van der Waals surface area contributed by atoms with Crippen LogP contribution in [0.4, 0.5) is 4.39 Å². The Bertz CT molecular complexity index is 473. The second-order valence-corrected chi connectivity index (χ2v) is 6.58. The summed E-state index contributed by atoms with van der Waals surface area (Å²) < 4.78 is 39.3. The number of hydrogen-bond donors (Lipinski definition) is 1. The average molecular weight is 294 g/mol. The Hall–Kier alpha value is -0.650. The third kappa shape index (κ3) is 4.55. The highest BCUT2D eigenvalue weighted by Crippen LogP contribution is 2.13. The van der Waals surface area contributed by atoms with E-state index in [9.17, 15) is 12.8 Å². The molecule has 1 rings (SSSR count). The first-order valence-corrected chi connectivity index (χ1v) is 7.70. The van der Waals surface area contributed by atoms with Crippen LogP contribution in [0.2, 0.25) is 0 Å². The van der Waals surface area contributed by atoms with Crippen molar-refractivity contribution in [3.8, 4) is 0 Å². The lowest BCUT2D eigenvalue weighted by Gasteiger charge is -2.18. The number of hydrogen-bond acceptors (Lipinski definition) is 2. The van der Waals surface area contributed by atoms with Crippen molar-refractivity contribution in [1.29, 1.82) is 0 Å². The second kappa shape index (κ2) is 6.50. The number of alkyl halides is 1. The van der Waals surface area contributed by atoms with Crippen LogP contribution in [0.25, 0.3) is 0 Å². The molecule has 0 spiro atoms. The highest BCUT2D eigenvalue weighted by Gasteiger charge is 2.20. The molecule has 3 nitrogen and oxygen atoms in total. The van der Waals surface area contributed by atoms with Gasteiger partial charge in [0.05, 0.1) is 4.90 Å². The first kappa shape index (κ1) is 15.4. The van der Waals surface area contributed by atoms with Crippen LogP contribution in [0.15, 0.2) is 29.2 Å². The summed E-state index contributed by atoms with van der Waals surface area (Å²) in [6, 6.07) is 4.39. The van der Waals surface area contributed by atoms with E-state index in [0.29, 0.717) is 12.3 Å². The fraction of sp³-hybridized carbons (Fsp3) is 0.500. The Kier molecular flexibility index (Phi) is 5.56. The van der Waals surface area contributed by atoms with Crippen molar-refractivity contribution in [3.05, 3.63) is 30.1 Å². The van der Waals surface area contributed by atoms with Crippen LogP contribution < -0.4 is 4.72 Å². The van der Waals surface area contributed by atoms with Gasteiger partial charge in [-0.15, -0.1) is 11.6 Å². The average Bonchev–Trinajstić information content (AvgIpc) is 2.27. The maximum absolute atomic E-state index is 12.7. The zero-order chi connectivity index (χ0) is 13.8. The summed E-state index contributed by atoms with van der Waals surface area (Å²) in [6.07, 6.45) is 0.657. The van der Waals surface area contributed by atoms with Gasteiger partial charge >= 0.3 is 0 Å². The standard InChI is InChI=1S/C12H17ClFNO2S/c1-9(2)7-11(8-13)15-18(16,17)12-5-3-10(14)4-6-12/h3-6,9,11,15H,7-8H2,1-2H3. The van der Waals surface area contributed by atoms with E-state index in [1.807, 2.05) is 13.8 Å². The van der Waals surface area contributed by atoms with E-state index < -0.39 is 15.8 Å². The first-order valence-electron chi connectivity index (χ1n) is 5.69. The van der Waals surface area contributed by atoms with Gasteiger partial charge < -0.3 is 0 Å². The van der Waals surface area contributed by atoms with E-state index in [4.69, 9.17) is 11.6 Å². The van der Waals surface area contributed by atoms with Crippen molar-refractivity contribution in [3.63, 3.8) is 0 Å². The predicted octanol–water partition coefficient (Wildman–Crippen LogP) is 2.76. The van der Waals surface area contributed by atoms with Crippen LogP contribution in [0.5, 0.6) is 0 Å². The zero-order valence-corrected chi connectivity index (χ0v) is 11.9. The fourth-order valence-electron chi connectivity index (χ4n) is 1.61. The van der Waals surface area contributed by atoms with Crippen molar-refractivity contribution in [2.75, 3.05) is 5.88 Å². The fourth-order valence-corrected chi connectivity index (χ4v) is 3.16. The Morgan fingerprint density at radius 2 is 1.83 bits per heavy atom. The number of sulfonamides is 1. The maximum atomic E-state index is 12.7. The molecule has 0 aromatic heterocycles. The van der Waals surface area contributed by atoms with Crippen molar-refractivity contribution in [1.82, 2.24) is 4.72 Å². The summed E-state index contributed by atoms with van der Waals surface area (Å²) in [5, 5.41) is 0. The molecule has 0 heterocycles. The van der Waals surface area contributed by atoms with Gasteiger partial charge in [0.15, 0.2) is 0 Å². The predicted molar refractivity (Wildman–Crippen MR) is 70.7 cm³/mol. The van der Waals surface area contributed by atoms with Crippen LogP contribution in [-0.4, -0.2) is 20.3 Å². The summed E-state index contributed by atoms with van der Waals surface area (Å²) in [6.45, 7) is 3.98. The van der Waals surface area contributed by atoms with E-state index in [2.05, 4.69) is 4.72 Å². The lowest BCUT2D eigenvalue weighted by molar-refractivity contribution is 0.485. The van der Waals surface area contributed by atoms with E-state index >= 15 is 0 Å². The summed E-state index contributed by atoms with van der Waals surface area (Å²) in [5.74, 6) is 0.0770. The molecule has 0 amide bonds. The molecule has 0 aliphatic rings. The van der Waals surface area contributed by atoms with Gasteiger partial charge in [0.2, 0.25) is 10.0 Å². The minimum absolute atomic E-state index is 0.0442. The molecule has 1 atom stereocenters. The quantitative estimate of drug-likeness (QED) is 0.820. The SMILES string of the molecule is CC(C)CC(CCl)NS(=O)(=O)c1ccc(F)cc1. The highest BCUT2D eigenvalue weighted by molar-refractivity contribution is 7.89. The summed E-state index contributed by atoms with van der Waals surface area (Å²) >= 11 is 5.74. The molecule has 0 aliphatic heterocycles. The van der Waals surface area contributed by atoms with Gasteiger partial charge in [-0.3, -0.25) is 0 Å². The van der Waals surface area contributed by atoms with Crippen molar-refractivity contribution >= 4 is 21.6 Å². The smallest absolute Gasteiger partial charge is 0.207 e. The lowest BCUT2D eigenvalue weighted by Crippen LogP contribution is -2.37.